The van der Waals surface area contributed by atoms with Gasteiger partial charge in [-0.2, -0.15) is 15.5 Å². The Balaban J connectivity index is 2.06. The Morgan fingerprint density at radius 1 is 0.963 bits per heavy atom. The zero-order valence-electron chi connectivity index (χ0n) is 15.1. The Kier molecular flexibility index (Phi) is 7.20. The third-order valence-electron chi connectivity index (χ3n) is 3.80. The number of carbonyl (C=O) groups is 2. The van der Waals surface area contributed by atoms with Crippen LogP contribution in [0.3, 0.4) is 0 Å². The highest BCUT2D eigenvalue weighted by atomic mass is 16.5. The van der Waals surface area contributed by atoms with Gasteiger partial charge in [0.25, 0.3) is 0 Å². The summed E-state index contributed by atoms with van der Waals surface area (Å²) in [5.74, 6) is -0.818. The molecule has 7 nitrogen and oxygen atoms in total. The molecule has 2 aromatic carbocycles. The van der Waals surface area contributed by atoms with E-state index in [4.69, 9.17) is 5.26 Å². The van der Waals surface area contributed by atoms with Gasteiger partial charge in [-0.1, -0.05) is 12.1 Å². The number of ether oxygens (including phenoxy) is 2. The first-order valence-electron chi connectivity index (χ1n) is 8.20. The van der Waals surface area contributed by atoms with Crippen LogP contribution in [0.4, 0.5) is 5.69 Å². The van der Waals surface area contributed by atoms with Crippen LogP contribution in [0.5, 0.6) is 0 Å². The summed E-state index contributed by atoms with van der Waals surface area (Å²) in [6, 6.07) is 15.3. The van der Waals surface area contributed by atoms with Crippen molar-refractivity contribution in [2.24, 2.45) is 10.2 Å². The van der Waals surface area contributed by atoms with E-state index in [9.17, 15) is 9.59 Å². The maximum atomic E-state index is 11.5. The van der Waals surface area contributed by atoms with Gasteiger partial charge in [0.1, 0.15) is 0 Å². The number of benzene rings is 2. The Morgan fingerprint density at radius 2 is 1.48 bits per heavy atom. The van der Waals surface area contributed by atoms with E-state index in [0.717, 1.165) is 5.56 Å². The summed E-state index contributed by atoms with van der Waals surface area (Å²) < 4.78 is 9.31. The predicted octanol–water partition coefficient (Wildman–Crippen LogP) is 3.87. The smallest absolute Gasteiger partial charge is 0.337 e. The van der Waals surface area contributed by atoms with Crippen LogP contribution in [0.25, 0.3) is 0 Å². The molecule has 0 aliphatic heterocycles. The molecule has 7 heteroatoms. The predicted molar refractivity (Wildman–Crippen MR) is 97.8 cm³/mol. The Hall–Kier alpha value is -3.53. The van der Waals surface area contributed by atoms with Crippen LogP contribution in [-0.4, -0.2) is 32.2 Å². The summed E-state index contributed by atoms with van der Waals surface area (Å²) in [7, 11) is 2.65. The second-order valence-electron chi connectivity index (χ2n) is 5.66. The third-order valence-corrected chi connectivity index (χ3v) is 3.80. The Labute approximate surface area is 157 Å². The standard InChI is InChI=1S/C20H19N3O4/c1-26-19(24)15-5-3-14(4-6-15)13-18(11-12-21)23-22-17-9-7-16(8-10-17)20(25)27-2/h3-10,18H,11,13H2,1-2H3. The fourth-order valence-corrected chi connectivity index (χ4v) is 2.36. The van der Waals surface area contributed by atoms with Gasteiger partial charge in [0.15, 0.2) is 0 Å². The van der Waals surface area contributed by atoms with Crippen molar-refractivity contribution in [3.63, 3.8) is 0 Å². The summed E-state index contributed by atoms with van der Waals surface area (Å²) in [5, 5.41) is 17.4. The molecule has 0 N–H and O–H groups in total. The normalized spacial score (nSPS) is 11.6. The molecule has 1 atom stereocenters. The summed E-state index contributed by atoms with van der Waals surface area (Å²) in [4.78, 5) is 22.9. The fraction of sp³-hybridized carbons (Fsp3) is 0.250. The SMILES string of the molecule is COC(=O)c1ccc(CC(CC#N)N=Nc2ccc(C(=O)OC)cc2)cc1. The van der Waals surface area contributed by atoms with E-state index in [1.165, 1.54) is 14.2 Å². The second kappa shape index (κ2) is 9.82. The molecule has 0 saturated carbocycles. The van der Waals surface area contributed by atoms with E-state index >= 15 is 0 Å². The molecule has 0 spiro atoms. The molecular weight excluding hydrogens is 346 g/mol. The van der Waals surface area contributed by atoms with Gasteiger partial charge in [0, 0.05) is 0 Å². The molecule has 2 rings (SSSR count). The van der Waals surface area contributed by atoms with E-state index < -0.39 is 11.9 Å². The van der Waals surface area contributed by atoms with Crippen molar-refractivity contribution in [2.45, 2.75) is 18.9 Å². The highest BCUT2D eigenvalue weighted by molar-refractivity contribution is 5.89. The first-order valence-corrected chi connectivity index (χ1v) is 8.20. The number of azo groups is 1. The van der Waals surface area contributed by atoms with Gasteiger partial charge in [0.05, 0.1) is 49.6 Å². The first kappa shape index (κ1) is 19.8. The van der Waals surface area contributed by atoms with Crippen LogP contribution >= 0.6 is 0 Å². The van der Waals surface area contributed by atoms with Crippen molar-refractivity contribution in [1.29, 1.82) is 5.26 Å². The topological polar surface area (TPSA) is 101 Å². The van der Waals surface area contributed by atoms with E-state index in [0.29, 0.717) is 23.2 Å². The number of methoxy groups -OCH3 is 2. The lowest BCUT2D eigenvalue weighted by Gasteiger charge is -2.08. The van der Waals surface area contributed by atoms with Crippen molar-refractivity contribution in [3.05, 3.63) is 65.2 Å². The van der Waals surface area contributed by atoms with Crippen molar-refractivity contribution in [1.82, 2.24) is 0 Å². The highest BCUT2D eigenvalue weighted by Crippen LogP contribution is 2.17. The summed E-state index contributed by atoms with van der Waals surface area (Å²) in [6.45, 7) is 0. The van der Waals surface area contributed by atoms with E-state index in [1.54, 1.807) is 48.5 Å². The molecule has 0 heterocycles. The zero-order valence-corrected chi connectivity index (χ0v) is 15.1. The summed E-state index contributed by atoms with van der Waals surface area (Å²) in [5.41, 5.74) is 2.40. The molecular formula is C20H19N3O4. The largest absolute Gasteiger partial charge is 0.465 e. The van der Waals surface area contributed by atoms with Crippen molar-refractivity contribution < 1.29 is 19.1 Å². The van der Waals surface area contributed by atoms with Crippen LogP contribution < -0.4 is 0 Å². The van der Waals surface area contributed by atoms with Gasteiger partial charge in [-0.25, -0.2) is 9.59 Å². The van der Waals surface area contributed by atoms with Crippen LogP contribution in [0, 0.1) is 11.3 Å². The molecule has 138 valence electrons. The lowest BCUT2D eigenvalue weighted by molar-refractivity contribution is 0.0592. The maximum absolute atomic E-state index is 11.5. The van der Waals surface area contributed by atoms with E-state index in [1.807, 2.05) is 0 Å². The number of rotatable bonds is 7. The van der Waals surface area contributed by atoms with Crippen molar-refractivity contribution in [3.8, 4) is 6.07 Å². The molecule has 0 radical (unpaired) electrons. The molecule has 2 aromatic rings. The van der Waals surface area contributed by atoms with Crippen LogP contribution in [0.1, 0.15) is 32.7 Å². The zero-order chi connectivity index (χ0) is 19.6. The molecule has 0 bridgehead atoms. The third kappa shape index (κ3) is 5.75. The minimum atomic E-state index is -0.420. The number of nitrogens with zero attached hydrogens (tertiary/aromatic N) is 3. The Bertz CT molecular complexity index is 852. The van der Waals surface area contributed by atoms with E-state index in [2.05, 4.69) is 25.8 Å². The minimum Gasteiger partial charge on any atom is -0.465 e. The molecule has 1 unspecified atom stereocenters. The number of hydrogen-bond donors (Lipinski definition) is 0. The molecule has 0 saturated heterocycles. The maximum Gasteiger partial charge on any atom is 0.337 e. The monoisotopic (exact) mass is 365 g/mol. The molecule has 0 aliphatic carbocycles. The van der Waals surface area contributed by atoms with Crippen molar-refractivity contribution >= 4 is 17.6 Å². The fourth-order valence-electron chi connectivity index (χ4n) is 2.36. The number of esters is 2. The minimum absolute atomic E-state index is 0.211. The lowest BCUT2D eigenvalue weighted by atomic mass is 10.0. The van der Waals surface area contributed by atoms with Gasteiger partial charge in [0.2, 0.25) is 0 Å². The molecule has 0 amide bonds. The number of carbonyl (C=O) groups excluding carboxylic acids is 2. The van der Waals surface area contributed by atoms with Crippen LogP contribution in [-0.2, 0) is 15.9 Å². The molecule has 0 aromatic heterocycles. The van der Waals surface area contributed by atoms with Crippen LogP contribution in [0.2, 0.25) is 0 Å². The van der Waals surface area contributed by atoms with Crippen LogP contribution in [0.15, 0.2) is 58.8 Å². The molecule has 27 heavy (non-hydrogen) atoms. The molecule has 0 aliphatic rings. The van der Waals surface area contributed by atoms with Gasteiger partial charge in [-0.15, -0.1) is 0 Å². The first-order chi connectivity index (χ1) is 13.1. The average molecular weight is 365 g/mol. The number of nitriles is 1. The Morgan fingerprint density at radius 3 is 1.96 bits per heavy atom. The van der Waals surface area contributed by atoms with Gasteiger partial charge in [-0.05, 0) is 48.4 Å². The van der Waals surface area contributed by atoms with Gasteiger partial charge in [-0.3, -0.25) is 0 Å². The summed E-state index contributed by atoms with van der Waals surface area (Å²) >= 11 is 0. The van der Waals surface area contributed by atoms with Crippen molar-refractivity contribution in [2.75, 3.05) is 14.2 Å². The van der Waals surface area contributed by atoms with E-state index in [-0.39, 0.29) is 12.5 Å². The lowest BCUT2D eigenvalue weighted by Crippen LogP contribution is -2.08. The van der Waals surface area contributed by atoms with Gasteiger partial charge < -0.3 is 9.47 Å². The average Bonchev–Trinajstić information content (AvgIpc) is 2.72. The summed E-state index contributed by atoms with van der Waals surface area (Å²) in [6.07, 6.45) is 0.723. The second-order valence-corrected chi connectivity index (χ2v) is 5.66. The van der Waals surface area contributed by atoms with Gasteiger partial charge >= 0.3 is 11.9 Å². The molecule has 0 fully saturated rings. The quantitative estimate of drug-likeness (QED) is 0.547. The highest BCUT2D eigenvalue weighted by Gasteiger charge is 2.10. The number of hydrogen-bond acceptors (Lipinski definition) is 7.